The van der Waals surface area contributed by atoms with Gasteiger partial charge in [0.05, 0.1) is 11.4 Å². The Morgan fingerprint density at radius 1 is 1.50 bits per heavy atom. The molecule has 1 saturated heterocycles. The molecule has 0 spiro atoms. The van der Waals surface area contributed by atoms with E-state index in [9.17, 15) is 0 Å². The van der Waals surface area contributed by atoms with Crippen molar-refractivity contribution in [3.63, 3.8) is 0 Å². The lowest BCUT2D eigenvalue weighted by Gasteiger charge is -2.34. The van der Waals surface area contributed by atoms with Gasteiger partial charge < -0.3 is 10.3 Å². The smallest absolute Gasteiger partial charge is 0.0942 e. The third-order valence-electron chi connectivity index (χ3n) is 1.69. The summed E-state index contributed by atoms with van der Waals surface area (Å²) in [6, 6.07) is 0. The van der Waals surface area contributed by atoms with Gasteiger partial charge in [0.1, 0.15) is 0 Å². The molecular formula is C7H11N3. The van der Waals surface area contributed by atoms with Gasteiger partial charge in [0, 0.05) is 19.3 Å². The monoisotopic (exact) mass is 137 g/mol. The summed E-state index contributed by atoms with van der Waals surface area (Å²) < 4.78 is 0. The SMILES string of the molecule is C=C(C(=N)C=N)N1CCC1. The van der Waals surface area contributed by atoms with Gasteiger partial charge in [-0.1, -0.05) is 6.58 Å². The molecule has 10 heavy (non-hydrogen) atoms. The van der Waals surface area contributed by atoms with Gasteiger partial charge in [-0.05, 0) is 6.42 Å². The van der Waals surface area contributed by atoms with Gasteiger partial charge in [-0.25, -0.2) is 0 Å². The summed E-state index contributed by atoms with van der Waals surface area (Å²) in [5.74, 6) is 0. The second kappa shape index (κ2) is 2.64. The first-order chi connectivity index (χ1) is 4.75. The van der Waals surface area contributed by atoms with Gasteiger partial charge in [-0.2, -0.15) is 0 Å². The first-order valence-corrected chi connectivity index (χ1v) is 3.29. The molecule has 54 valence electrons. The highest BCUT2D eigenvalue weighted by atomic mass is 15.2. The average Bonchev–Trinajstić information content (AvgIpc) is 1.82. The molecule has 0 aromatic heterocycles. The Balaban J connectivity index is 2.47. The Bertz CT molecular complexity index is 179. The molecule has 3 heteroatoms. The molecular weight excluding hydrogens is 126 g/mol. The highest BCUT2D eigenvalue weighted by Crippen LogP contribution is 2.12. The highest BCUT2D eigenvalue weighted by molar-refractivity contribution is 6.35. The molecule has 1 aliphatic heterocycles. The first kappa shape index (κ1) is 6.99. The maximum atomic E-state index is 7.23. The Kier molecular flexibility index (Phi) is 1.85. The van der Waals surface area contributed by atoms with Crippen LogP contribution in [0.4, 0.5) is 0 Å². The van der Waals surface area contributed by atoms with Gasteiger partial charge >= 0.3 is 0 Å². The zero-order valence-corrected chi connectivity index (χ0v) is 5.85. The van der Waals surface area contributed by atoms with E-state index in [0.717, 1.165) is 19.3 Å². The Morgan fingerprint density at radius 3 is 2.40 bits per heavy atom. The summed E-state index contributed by atoms with van der Waals surface area (Å²) in [4.78, 5) is 2.01. The van der Waals surface area contributed by atoms with Crippen molar-refractivity contribution in [2.24, 2.45) is 0 Å². The largest absolute Gasteiger partial charge is 0.370 e. The second-order valence-electron chi connectivity index (χ2n) is 2.35. The minimum Gasteiger partial charge on any atom is -0.370 e. The van der Waals surface area contributed by atoms with Gasteiger partial charge in [0.2, 0.25) is 0 Å². The van der Waals surface area contributed by atoms with E-state index in [1.165, 1.54) is 6.42 Å². The molecule has 0 bridgehead atoms. The fourth-order valence-electron chi connectivity index (χ4n) is 0.840. The molecule has 1 aliphatic rings. The molecule has 1 rings (SSSR count). The van der Waals surface area contributed by atoms with Crippen LogP contribution in [0.3, 0.4) is 0 Å². The van der Waals surface area contributed by atoms with Crippen LogP contribution in [-0.4, -0.2) is 29.9 Å². The lowest BCUT2D eigenvalue weighted by atomic mass is 10.1. The normalized spacial score (nSPS) is 15.8. The zero-order chi connectivity index (χ0) is 7.56. The van der Waals surface area contributed by atoms with Crippen molar-refractivity contribution in [2.45, 2.75) is 6.42 Å². The van der Waals surface area contributed by atoms with Crippen molar-refractivity contribution in [1.82, 2.24) is 4.90 Å². The van der Waals surface area contributed by atoms with Gasteiger partial charge in [-0.15, -0.1) is 0 Å². The molecule has 1 fully saturated rings. The predicted octanol–water partition coefficient (Wildman–Crippen LogP) is 0.875. The van der Waals surface area contributed by atoms with Crippen LogP contribution < -0.4 is 0 Å². The van der Waals surface area contributed by atoms with E-state index in [2.05, 4.69) is 6.58 Å². The third-order valence-corrected chi connectivity index (χ3v) is 1.69. The van der Waals surface area contributed by atoms with E-state index < -0.39 is 0 Å². The summed E-state index contributed by atoms with van der Waals surface area (Å²) in [5.41, 5.74) is 0.904. The number of nitrogens with one attached hydrogen (secondary N) is 2. The fourth-order valence-corrected chi connectivity index (χ4v) is 0.840. The van der Waals surface area contributed by atoms with Crippen LogP contribution in [0.15, 0.2) is 12.3 Å². The Hall–Kier alpha value is -1.12. The molecule has 0 amide bonds. The predicted molar refractivity (Wildman–Crippen MR) is 41.8 cm³/mol. The van der Waals surface area contributed by atoms with Gasteiger partial charge in [0.25, 0.3) is 0 Å². The van der Waals surface area contributed by atoms with E-state index in [1.54, 1.807) is 0 Å². The molecule has 3 nitrogen and oxygen atoms in total. The van der Waals surface area contributed by atoms with Crippen LogP contribution in [0.1, 0.15) is 6.42 Å². The lowest BCUT2D eigenvalue weighted by molar-refractivity contribution is 0.252. The summed E-state index contributed by atoms with van der Waals surface area (Å²) >= 11 is 0. The number of rotatable bonds is 3. The van der Waals surface area contributed by atoms with E-state index >= 15 is 0 Å². The number of likely N-dealkylation sites (tertiary alicyclic amines) is 1. The summed E-state index contributed by atoms with van der Waals surface area (Å²) in [6.45, 7) is 5.69. The summed E-state index contributed by atoms with van der Waals surface area (Å²) in [6.07, 6.45) is 2.21. The minimum atomic E-state index is 0.222. The van der Waals surface area contributed by atoms with Crippen LogP contribution in [0.2, 0.25) is 0 Å². The molecule has 0 radical (unpaired) electrons. The number of hydrogen-bond donors (Lipinski definition) is 2. The van der Waals surface area contributed by atoms with Crippen molar-refractivity contribution in [1.29, 1.82) is 10.8 Å². The van der Waals surface area contributed by atoms with Crippen molar-refractivity contribution in [3.05, 3.63) is 12.3 Å². The van der Waals surface area contributed by atoms with Crippen molar-refractivity contribution in [2.75, 3.05) is 13.1 Å². The number of allylic oxidation sites excluding steroid dienone is 1. The van der Waals surface area contributed by atoms with Crippen LogP contribution in [0.5, 0.6) is 0 Å². The van der Waals surface area contributed by atoms with Crippen molar-refractivity contribution < 1.29 is 0 Å². The molecule has 0 unspecified atom stereocenters. The Labute approximate surface area is 60.4 Å². The molecule has 1 heterocycles. The average molecular weight is 137 g/mol. The second-order valence-corrected chi connectivity index (χ2v) is 2.35. The quantitative estimate of drug-likeness (QED) is 0.557. The maximum Gasteiger partial charge on any atom is 0.0942 e. The van der Waals surface area contributed by atoms with Crippen LogP contribution in [0, 0.1) is 10.8 Å². The molecule has 0 aliphatic carbocycles. The van der Waals surface area contributed by atoms with Crippen molar-refractivity contribution >= 4 is 11.9 Å². The van der Waals surface area contributed by atoms with E-state index in [4.69, 9.17) is 10.8 Å². The lowest BCUT2D eigenvalue weighted by Crippen LogP contribution is -2.38. The molecule has 0 saturated carbocycles. The number of hydrogen-bond acceptors (Lipinski definition) is 3. The first-order valence-electron chi connectivity index (χ1n) is 3.29. The third kappa shape index (κ3) is 1.07. The van der Waals surface area contributed by atoms with Crippen LogP contribution >= 0.6 is 0 Å². The van der Waals surface area contributed by atoms with Crippen LogP contribution in [-0.2, 0) is 0 Å². The molecule has 0 aromatic rings. The molecule has 0 aromatic carbocycles. The fraction of sp³-hybridized carbons (Fsp3) is 0.429. The maximum absolute atomic E-state index is 7.23. The molecule has 0 atom stereocenters. The van der Waals surface area contributed by atoms with Gasteiger partial charge in [-0.3, -0.25) is 5.41 Å². The highest BCUT2D eigenvalue weighted by Gasteiger charge is 2.16. The van der Waals surface area contributed by atoms with E-state index in [-0.39, 0.29) is 5.71 Å². The topological polar surface area (TPSA) is 50.9 Å². The summed E-state index contributed by atoms with van der Waals surface area (Å²) in [5, 5.41) is 14.0. The number of nitrogens with zero attached hydrogens (tertiary/aromatic N) is 1. The van der Waals surface area contributed by atoms with Crippen molar-refractivity contribution in [3.8, 4) is 0 Å². The summed E-state index contributed by atoms with van der Waals surface area (Å²) in [7, 11) is 0. The van der Waals surface area contributed by atoms with Gasteiger partial charge in [0.15, 0.2) is 0 Å². The van der Waals surface area contributed by atoms with E-state index in [0.29, 0.717) is 5.70 Å². The van der Waals surface area contributed by atoms with E-state index in [1.807, 2.05) is 4.90 Å². The Morgan fingerprint density at radius 2 is 2.10 bits per heavy atom. The minimum absolute atomic E-state index is 0.222. The standard InChI is InChI=1S/C7H11N3/c1-6(7(9)5-8)10-3-2-4-10/h5,8-9H,1-4H2. The zero-order valence-electron chi connectivity index (χ0n) is 5.85. The molecule has 2 N–H and O–H groups in total. The van der Waals surface area contributed by atoms with Crippen LogP contribution in [0.25, 0.3) is 0 Å².